The predicted molar refractivity (Wildman–Crippen MR) is 311 cm³/mol. The average Bonchev–Trinajstić information content (AvgIpc) is 3.41. The van der Waals surface area contributed by atoms with Crippen molar-refractivity contribution in [1.82, 2.24) is 5.32 Å². The number of nitrogens with one attached hydrogen (secondary N) is 1. The molecule has 0 radical (unpaired) electrons. The standard InChI is InChI=1S/C64H119NO10/c1-3-5-7-9-11-13-14-28-32-36-40-44-48-52-60(69)73-53-49-45-41-37-33-30-27-25-23-21-19-17-15-16-18-20-22-24-26-29-31-35-39-43-47-51-59(68)65-56(57(67)50-46-42-38-34-12-10-8-6-4-2)55-74-64-63(72)62(71)61(70)58(54-66)75-64/h16-19,46,50,56-58,61-64,66-67,70-72H,3-15,20-45,47-49,51-55H2,1-2H3,(H,65,68)/b18-16-,19-17-,50-46+. The number of allylic oxidation sites excluding steroid dienone is 5. The van der Waals surface area contributed by atoms with Gasteiger partial charge in [-0.1, -0.05) is 256 Å². The minimum Gasteiger partial charge on any atom is -0.466 e. The number of hydrogen-bond donors (Lipinski definition) is 6. The molecule has 6 N–H and O–H groups in total. The lowest BCUT2D eigenvalue weighted by Crippen LogP contribution is -2.60. The first-order valence-electron chi connectivity index (χ1n) is 31.8. The summed E-state index contributed by atoms with van der Waals surface area (Å²) in [6, 6.07) is -0.813. The molecule has 440 valence electrons. The SMILES string of the molecule is CCCCCCCCC/C=C/C(O)C(COC1OC(CO)C(O)C(O)C1O)NC(=O)CCCCCCCCCCC/C=C\C/C=C\CCCCCCCCCCCOC(=O)CCCCCCCCCCCCCCC. The van der Waals surface area contributed by atoms with Crippen LogP contribution in [0, 0.1) is 0 Å². The van der Waals surface area contributed by atoms with Gasteiger partial charge in [-0.2, -0.15) is 0 Å². The Balaban J connectivity index is 2.00. The van der Waals surface area contributed by atoms with Gasteiger partial charge in [0, 0.05) is 12.8 Å². The Hall–Kier alpha value is -2.12. The van der Waals surface area contributed by atoms with Crippen LogP contribution in [0.5, 0.6) is 0 Å². The van der Waals surface area contributed by atoms with Crippen LogP contribution in [0.25, 0.3) is 0 Å². The zero-order chi connectivity index (χ0) is 54.5. The third-order valence-electron chi connectivity index (χ3n) is 15.0. The average molecular weight is 1060 g/mol. The normalized spacial score (nSPS) is 18.9. The third kappa shape index (κ3) is 43.4. The highest BCUT2D eigenvalue weighted by Crippen LogP contribution is 2.23. The first kappa shape index (κ1) is 70.9. The minimum atomic E-state index is -1.57. The van der Waals surface area contributed by atoms with Crippen molar-refractivity contribution in [3.8, 4) is 0 Å². The lowest BCUT2D eigenvalue weighted by molar-refractivity contribution is -0.302. The van der Waals surface area contributed by atoms with Crippen molar-refractivity contribution in [3.63, 3.8) is 0 Å². The van der Waals surface area contributed by atoms with Gasteiger partial charge in [0.1, 0.15) is 24.4 Å². The Morgan fingerprint density at radius 1 is 0.493 bits per heavy atom. The summed E-state index contributed by atoms with van der Waals surface area (Å²) in [5.74, 6) is -0.190. The van der Waals surface area contributed by atoms with Gasteiger partial charge >= 0.3 is 5.97 Å². The molecule has 1 heterocycles. The van der Waals surface area contributed by atoms with Gasteiger partial charge in [-0.05, 0) is 64.2 Å². The summed E-state index contributed by atoms with van der Waals surface area (Å²) in [5, 5.41) is 54.2. The summed E-state index contributed by atoms with van der Waals surface area (Å²) in [4.78, 5) is 25.0. The van der Waals surface area contributed by atoms with Crippen LogP contribution >= 0.6 is 0 Å². The highest BCUT2D eigenvalue weighted by molar-refractivity contribution is 5.76. The molecule has 0 aromatic rings. The monoisotopic (exact) mass is 1060 g/mol. The van der Waals surface area contributed by atoms with Gasteiger partial charge in [0.25, 0.3) is 0 Å². The highest BCUT2D eigenvalue weighted by atomic mass is 16.7. The van der Waals surface area contributed by atoms with Gasteiger partial charge in [0.05, 0.1) is 32.0 Å². The minimum absolute atomic E-state index is 0.000188. The highest BCUT2D eigenvalue weighted by Gasteiger charge is 2.44. The predicted octanol–water partition coefficient (Wildman–Crippen LogP) is 15.1. The quantitative estimate of drug-likeness (QED) is 0.0195. The fourth-order valence-electron chi connectivity index (χ4n) is 9.94. The molecule has 0 aliphatic carbocycles. The van der Waals surface area contributed by atoms with E-state index in [0.29, 0.717) is 19.4 Å². The van der Waals surface area contributed by atoms with Crippen molar-refractivity contribution in [2.45, 2.75) is 339 Å². The van der Waals surface area contributed by atoms with E-state index in [1.165, 1.54) is 193 Å². The van der Waals surface area contributed by atoms with Crippen LogP contribution in [0.3, 0.4) is 0 Å². The number of carbonyl (C=O) groups is 2. The second kappa shape index (κ2) is 53.9. The van der Waals surface area contributed by atoms with Crippen molar-refractivity contribution in [3.05, 3.63) is 36.5 Å². The summed E-state index contributed by atoms with van der Waals surface area (Å²) in [6.45, 7) is 4.32. The maximum Gasteiger partial charge on any atom is 0.305 e. The largest absolute Gasteiger partial charge is 0.466 e. The second-order valence-electron chi connectivity index (χ2n) is 22.1. The van der Waals surface area contributed by atoms with E-state index in [0.717, 1.165) is 77.0 Å². The molecule has 11 nitrogen and oxygen atoms in total. The number of unbranched alkanes of at least 4 members (excludes halogenated alkanes) is 37. The van der Waals surface area contributed by atoms with E-state index >= 15 is 0 Å². The van der Waals surface area contributed by atoms with Gasteiger partial charge in [-0.15, -0.1) is 0 Å². The molecule has 1 amide bonds. The molecule has 0 aromatic carbocycles. The molecule has 0 spiro atoms. The number of esters is 1. The molecule has 0 saturated carbocycles. The molecule has 0 aromatic heterocycles. The van der Waals surface area contributed by atoms with Crippen LogP contribution in [0.1, 0.15) is 296 Å². The fraction of sp³-hybridized carbons (Fsp3) is 0.875. The maximum atomic E-state index is 13.0. The van der Waals surface area contributed by atoms with Gasteiger partial charge in [0.15, 0.2) is 6.29 Å². The molecule has 1 fully saturated rings. The van der Waals surface area contributed by atoms with Crippen LogP contribution in [0.4, 0.5) is 0 Å². The number of hydrogen-bond acceptors (Lipinski definition) is 10. The van der Waals surface area contributed by atoms with Crippen LogP contribution in [-0.2, 0) is 23.8 Å². The number of rotatable bonds is 55. The number of amides is 1. The van der Waals surface area contributed by atoms with E-state index in [9.17, 15) is 35.1 Å². The van der Waals surface area contributed by atoms with E-state index < -0.39 is 49.5 Å². The first-order chi connectivity index (χ1) is 36.7. The molecule has 75 heavy (non-hydrogen) atoms. The van der Waals surface area contributed by atoms with Gasteiger partial charge in [-0.25, -0.2) is 0 Å². The maximum absolute atomic E-state index is 13.0. The summed E-state index contributed by atoms with van der Waals surface area (Å²) in [5.41, 5.74) is 0. The Bertz CT molecular complexity index is 1340. The van der Waals surface area contributed by atoms with E-state index in [2.05, 4.69) is 43.5 Å². The summed E-state index contributed by atoms with van der Waals surface area (Å²) >= 11 is 0. The van der Waals surface area contributed by atoms with Crippen LogP contribution in [0.2, 0.25) is 0 Å². The zero-order valence-corrected chi connectivity index (χ0v) is 48.5. The number of aliphatic hydroxyl groups is 5. The van der Waals surface area contributed by atoms with Crippen molar-refractivity contribution in [1.29, 1.82) is 0 Å². The lowest BCUT2D eigenvalue weighted by atomic mass is 9.99. The van der Waals surface area contributed by atoms with Crippen molar-refractivity contribution >= 4 is 11.9 Å². The number of ether oxygens (including phenoxy) is 3. The number of carbonyl (C=O) groups excluding carboxylic acids is 2. The Morgan fingerprint density at radius 3 is 1.35 bits per heavy atom. The molecule has 1 saturated heterocycles. The molecule has 1 aliphatic heterocycles. The Labute approximate surface area is 460 Å². The summed E-state index contributed by atoms with van der Waals surface area (Å²) in [7, 11) is 0. The molecule has 1 rings (SSSR count). The van der Waals surface area contributed by atoms with Gasteiger partial charge in [-0.3, -0.25) is 9.59 Å². The second-order valence-corrected chi connectivity index (χ2v) is 22.1. The molecule has 7 unspecified atom stereocenters. The van der Waals surface area contributed by atoms with Crippen LogP contribution in [-0.4, -0.2) is 100 Å². The zero-order valence-electron chi connectivity index (χ0n) is 48.5. The van der Waals surface area contributed by atoms with Crippen molar-refractivity contribution in [2.24, 2.45) is 0 Å². The Kier molecular flexibility index (Phi) is 50.9. The Morgan fingerprint density at radius 2 is 0.893 bits per heavy atom. The van der Waals surface area contributed by atoms with E-state index in [-0.39, 0.29) is 18.5 Å². The fourth-order valence-corrected chi connectivity index (χ4v) is 9.94. The molecule has 1 aliphatic rings. The third-order valence-corrected chi connectivity index (χ3v) is 15.0. The van der Waals surface area contributed by atoms with E-state index in [4.69, 9.17) is 14.2 Å². The molecule has 11 heteroatoms. The van der Waals surface area contributed by atoms with E-state index in [1.54, 1.807) is 6.08 Å². The number of aliphatic hydroxyl groups excluding tert-OH is 5. The molecular weight excluding hydrogens is 943 g/mol. The van der Waals surface area contributed by atoms with Crippen LogP contribution < -0.4 is 5.32 Å². The van der Waals surface area contributed by atoms with Gasteiger partial charge in [0.2, 0.25) is 5.91 Å². The van der Waals surface area contributed by atoms with Crippen molar-refractivity contribution < 1.29 is 49.3 Å². The smallest absolute Gasteiger partial charge is 0.305 e. The molecular formula is C64H119NO10. The van der Waals surface area contributed by atoms with Gasteiger partial charge < -0.3 is 45.1 Å². The van der Waals surface area contributed by atoms with Crippen molar-refractivity contribution in [2.75, 3.05) is 19.8 Å². The first-order valence-corrected chi connectivity index (χ1v) is 31.8. The molecule has 7 atom stereocenters. The summed E-state index contributed by atoms with van der Waals surface area (Å²) < 4.78 is 16.7. The lowest BCUT2D eigenvalue weighted by Gasteiger charge is -2.40. The van der Waals surface area contributed by atoms with E-state index in [1.807, 2.05) is 6.08 Å². The summed E-state index contributed by atoms with van der Waals surface area (Å²) in [6.07, 6.45) is 56.9. The van der Waals surface area contributed by atoms with Crippen LogP contribution in [0.15, 0.2) is 36.5 Å². The topological polar surface area (TPSA) is 175 Å². The molecule has 0 bridgehead atoms.